The van der Waals surface area contributed by atoms with Gasteiger partial charge in [0.25, 0.3) is 0 Å². The normalized spacial score (nSPS) is 51.9. The molecule has 27 nitrogen and oxygen atoms in total. The number of ketones is 1. The van der Waals surface area contributed by atoms with Crippen molar-refractivity contribution in [2.24, 2.45) is 22.7 Å². The number of esters is 1. The number of fused-ring (bicyclic) bond motifs is 5. The van der Waals surface area contributed by atoms with E-state index >= 15 is 0 Å². The lowest BCUT2D eigenvalue weighted by Crippen LogP contribution is -2.71. The van der Waals surface area contributed by atoms with Crippen LogP contribution in [0.5, 0.6) is 0 Å². The van der Waals surface area contributed by atoms with Crippen LogP contribution in [0, 0.1) is 22.7 Å². The summed E-state index contributed by atoms with van der Waals surface area (Å²) in [4.78, 5) is 25.7. The van der Waals surface area contributed by atoms with Gasteiger partial charge >= 0.3 is 5.97 Å². The Kier molecular flexibility index (Phi) is 24.3. The van der Waals surface area contributed by atoms with Crippen molar-refractivity contribution in [2.45, 2.75) is 362 Å². The smallest absolute Gasteiger partial charge is 0.302 e. The van der Waals surface area contributed by atoms with Gasteiger partial charge in [0.1, 0.15) is 54.4 Å². The van der Waals surface area contributed by atoms with Gasteiger partial charge in [-0.2, -0.15) is 0 Å². The van der Waals surface area contributed by atoms with E-state index in [-0.39, 0.29) is 61.6 Å². The van der Waals surface area contributed by atoms with Crippen LogP contribution in [0.3, 0.4) is 0 Å². The molecule has 4 aliphatic carbocycles. The summed E-state index contributed by atoms with van der Waals surface area (Å²) in [7, 11) is 8.06. The number of hydrogen-bond acceptors (Lipinski definition) is 27. The first kappa shape index (κ1) is 76.1. The molecule has 0 aromatic heterocycles. The highest BCUT2D eigenvalue weighted by molar-refractivity contribution is 5.87. The fourth-order valence-corrected chi connectivity index (χ4v) is 18.9. The summed E-state index contributed by atoms with van der Waals surface area (Å²) in [6.45, 7) is 19.7. The lowest BCUT2D eigenvalue weighted by atomic mass is 9.44. The van der Waals surface area contributed by atoms with Gasteiger partial charge in [-0.05, 0) is 118 Å². The van der Waals surface area contributed by atoms with E-state index in [9.17, 15) is 35.1 Å². The monoisotopic (exact) mass is 1390 g/mol. The van der Waals surface area contributed by atoms with E-state index in [4.69, 9.17) is 94.7 Å². The van der Waals surface area contributed by atoms with E-state index in [1.165, 1.54) is 26.5 Å². The van der Waals surface area contributed by atoms with Crippen LogP contribution in [0.4, 0.5) is 0 Å². The van der Waals surface area contributed by atoms with Gasteiger partial charge in [-0.1, -0.05) is 25.5 Å². The standard InChI is InChI=1S/C70H114O27/c1-32-60(75)47(78-12)27-56(83-32)93-62-34(3)84-53(25-45(62)73)92-61-33(2)85-54(26-46(61)74)94-63-36(5)87-57(29-49(63)80-14)96-65-38(7)89-59(31-51(65)82-16)97-66-37(6)88-58(30-50(66)81-15)95-64-35(4)86-55(28-48(64)79-13)91-42-19-20-67(10)41(23-42)17-18-43-44(67)24-52(90-40(9)72)68(11)69(76,39(8)71)21-22-70(43,68)77/h17,32-38,42-66,73-77H,18-31H2,1-16H3/t32-,33-,34-,35-,36-,37+,38+,42+,43-,44+,45+,46+,47-,48+,49+,50-,51-,52-,53+,54+,55+,56+,57+,58+,59+,60-,61-,62-,63-,64-,65+,66+,67+,68-,69-,70+/m1/s1. The van der Waals surface area contributed by atoms with Crippen molar-refractivity contribution >= 4 is 11.8 Å². The summed E-state index contributed by atoms with van der Waals surface area (Å²) in [5.74, 6) is -1.22. The Morgan fingerprint density at radius 2 is 0.814 bits per heavy atom. The maximum Gasteiger partial charge on any atom is 0.302 e. The van der Waals surface area contributed by atoms with Crippen molar-refractivity contribution < 1.29 is 130 Å². The first-order valence-electron chi connectivity index (χ1n) is 35.7. The van der Waals surface area contributed by atoms with Crippen LogP contribution in [0.15, 0.2) is 11.6 Å². The first-order chi connectivity index (χ1) is 46.0. The molecule has 7 heterocycles. The van der Waals surface area contributed by atoms with E-state index in [1.54, 1.807) is 56.1 Å². The molecule has 0 bridgehead atoms. The number of aliphatic hydroxyl groups excluding tert-OH is 3. The average Bonchev–Trinajstić information content (AvgIpc) is 1.58. The number of aliphatic hydroxyl groups is 5. The van der Waals surface area contributed by atoms with Crippen molar-refractivity contribution in [1.29, 1.82) is 0 Å². The van der Waals surface area contributed by atoms with Crippen molar-refractivity contribution in [1.82, 2.24) is 0 Å². The number of hydrogen-bond donors (Lipinski definition) is 5. The molecule has 11 rings (SSSR count). The third-order valence-electron chi connectivity index (χ3n) is 24.5. The summed E-state index contributed by atoms with van der Waals surface area (Å²) < 4.78 is 126. The lowest BCUT2D eigenvalue weighted by Gasteiger charge is -2.63. The molecule has 0 radical (unpaired) electrons. The molecule has 0 aromatic carbocycles. The Hall–Kier alpha value is -2.08. The minimum absolute atomic E-state index is 0.0542. The number of ether oxygens (including phenoxy) is 20. The van der Waals surface area contributed by atoms with E-state index in [2.05, 4.69) is 13.0 Å². The molecule has 11 aliphatic rings. The van der Waals surface area contributed by atoms with Gasteiger partial charge in [-0.3, -0.25) is 9.59 Å². The second-order valence-corrected chi connectivity index (χ2v) is 30.1. The molecule has 10 fully saturated rings. The van der Waals surface area contributed by atoms with E-state index in [0.717, 1.165) is 12.8 Å². The molecule has 556 valence electrons. The molecule has 0 unspecified atom stereocenters. The van der Waals surface area contributed by atoms with E-state index in [1.807, 2.05) is 27.7 Å². The summed E-state index contributed by atoms with van der Waals surface area (Å²) >= 11 is 0. The molecule has 0 spiro atoms. The quantitative estimate of drug-likeness (QED) is 0.0766. The number of Topliss-reactive ketones (excluding diaryl/α,β-unsaturated/α-hetero) is 1. The minimum Gasteiger partial charge on any atom is -0.462 e. The maximum absolute atomic E-state index is 13.1. The zero-order chi connectivity index (χ0) is 70.0. The highest BCUT2D eigenvalue weighted by Crippen LogP contribution is 2.70. The fourth-order valence-electron chi connectivity index (χ4n) is 18.9. The Bertz CT molecular complexity index is 2630. The number of carbonyl (C=O) groups excluding carboxylic acids is 2. The molecule has 0 aromatic rings. The van der Waals surface area contributed by atoms with Crippen molar-refractivity contribution in [2.75, 3.05) is 35.5 Å². The Morgan fingerprint density at radius 3 is 1.20 bits per heavy atom. The molecular formula is C70H114O27. The summed E-state index contributed by atoms with van der Waals surface area (Å²) in [5, 5.41) is 57.8. The Labute approximate surface area is 571 Å². The largest absolute Gasteiger partial charge is 0.462 e. The molecule has 3 saturated carbocycles. The average molecular weight is 1390 g/mol. The predicted molar refractivity (Wildman–Crippen MR) is 339 cm³/mol. The number of allylic oxidation sites excluding steroid dienone is 1. The van der Waals surface area contributed by atoms with E-state index in [0.29, 0.717) is 44.9 Å². The van der Waals surface area contributed by atoms with Crippen molar-refractivity contribution in [3.05, 3.63) is 11.6 Å². The Balaban J connectivity index is 0.622. The number of rotatable bonds is 21. The molecular weight excluding hydrogens is 1270 g/mol. The van der Waals surface area contributed by atoms with Gasteiger partial charge in [0.2, 0.25) is 0 Å². The molecule has 36 atom stereocenters. The number of carbonyl (C=O) groups is 2. The third-order valence-corrected chi connectivity index (χ3v) is 24.5. The van der Waals surface area contributed by atoms with Gasteiger partial charge in [-0.15, -0.1) is 0 Å². The predicted octanol–water partition coefficient (Wildman–Crippen LogP) is 4.72. The Morgan fingerprint density at radius 1 is 0.454 bits per heavy atom. The fraction of sp³-hybridized carbons (Fsp3) is 0.943. The van der Waals surface area contributed by atoms with Crippen LogP contribution < -0.4 is 0 Å². The second-order valence-electron chi connectivity index (χ2n) is 30.1. The van der Waals surface area contributed by atoms with Crippen LogP contribution >= 0.6 is 0 Å². The lowest BCUT2D eigenvalue weighted by molar-refractivity contribution is -0.356. The summed E-state index contributed by atoms with van der Waals surface area (Å²) in [6, 6.07) is 0. The molecule has 5 N–H and O–H groups in total. The zero-order valence-corrected chi connectivity index (χ0v) is 59.7. The van der Waals surface area contributed by atoms with Crippen LogP contribution in [0.2, 0.25) is 0 Å². The van der Waals surface area contributed by atoms with Crippen LogP contribution in [-0.2, 0) is 104 Å². The topological polar surface area (TPSA) is 320 Å². The van der Waals surface area contributed by atoms with Crippen molar-refractivity contribution in [3.8, 4) is 0 Å². The summed E-state index contributed by atoms with van der Waals surface area (Å²) in [6.07, 6.45) is -10.8. The van der Waals surface area contributed by atoms with Gasteiger partial charge in [0.05, 0.1) is 103 Å². The highest BCUT2D eigenvalue weighted by Gasteiger charge is 2.77. The minimum atomic E-state index is -1.82. The van der Waals surface area contributed by atoms with Gasteiger partial charge < -0.3 is 120 Å². The molecule has 27 heteroatoms. The zero-order valence-electron chi connectivity index (χ0n) is 59.7. The highest BCUT2D eigenvalue weighted by atomic mass is 16.8. The molecule has 7 aliphatic heterocycles. The van der Waals surface area contributed by atoms with Crippen molar-refractivity contribution in [3.63, 3.8) is 0 Å². The van der Waals surface area contributed by atoms with Gasteiger partial charge in [0, 0.05) is 87.4 Å². The summed E-state index contributed by atoms with van der Waals surface area (Å²) in [5.41, 5.74) is -3.70. The molecule has 7 saturated heterocycles. The van der Waals surface area contributed by atoms with Gasteiger partial charge in [0.15, 0.2) is 49.8 Å². The van der Waals surface area contributed by atoms with Crippen LogP contribution in [0.25, 0.3) is 0 Å². The van der Waals surface area contributed by atoms with Gasteiger partial charge in [-0.25, -0.2) is 0 Å². The maximum atomic E-state index is 13.1. The number of methoxy groups -OCH3 is 5. The van der Waals surface area contributed by atoms with Crippen LogP contribution in [-0.4, -0.2) is 268 Å². The van der Waals surface area contributed by atoms with Crippen LogP contribution in [0.1, 0.15) is 166 Å². The second kappa shape index (κ2) is 30.9. The molecule has 0 amide bonds. The molecule has 97 heavy (non-hydrogen) atoms. The SMILES string of the molecule is CO[C@H]1C[C@H](O[C@H]2CC[C@@]3(C)C(=CC[C@@H]4[C@@H]3C[C@@H](OC(C)=O)[C@]3(C)[C@](O)(C(C)=O)CC[C@]43O)C2)O[C@H](C)[C@H]1O[C@H]1C[C@@H](OC)[C@@H](O[C@H]2C[C@@H](OC)[C@@H](O[C@H]3C[C@H](OC)[C@H](O[C@H]4C[C@H](O)[C@H](O[C@H]5C[C@H](O)[C@H](O[C@H]6C[C@@H](OC)[C@H](O)[C@@H](C)O6)[C@@H](C)O5)[C@@H](C)O4)[C@@H](C)O3)[C@H](C)O2)[C@H](C)O1. The first-order valence-corrected chi connectivity index (χ1v) is 35.7. The van der Waals surface area contributed by atoms with E-state index < -0.39 is 201 Å². The third kappa shape index (κ3) is 15.0.